The van der Waals surface area contributed by atoms with Crippen molar-refractivity contribution in [1.29, 1.82) is 0 Å². The molecule has 0 unspecified atom stereocenters. The van der Waals surface area contributed by atoms with Crippen molar-refractivity contribution in [3.05, 3.63) is 34.8 Å². The Hall–Kier alpha value is -1.99. The highest BCUT2D eigenvalue weighted by Gasteiger charge is 2.10. The lowest BCUT2D eigenvalue weighted by atomic mass is 10.2. The van der Waals surface area contributed by atoms with Crippen LogP contribution in [0.15, 0.2) is 24.3 Å². The molecule has 1 aromatic heterocycles. The van der Waals surface area contributed by atoms with E-state index < -0.39 is 0 Å². The second-order valence-corrected chi connectivity index (χ2v) is 5.50. The van der Waals surface area contributed by atoms with E-state index in [4.69, 9.17) is 5.73 Å². The van der Waals surface area contributed by atoms with Crippen LogP contribution in [0.2, 0.25) is 0 Å². The van der Waals surface area contributed by atoms with Crippen molar-refractivity contribution in [2.75, 3.05) is 30.9 Å². The second-order valence-electron chi connectivity index (χ2n) is 4.44. The normalized spacial score (nSPS) is 10.3. The van der Waals surface area contributed by atoms with E-state index in [0.717, 1.165) is 10.7 Å². The maximum Gasteiger partial charge on any atom is 0.257 e. The SMILES string of the molecule is CN(C)c1cccc(C(=O)Nc2nnc(CCN)s2)c1. The van der Waals surface area contributed by atoms with Crippen LogP contribution >= 0.6 is 11.3 Å². The first-order valence-electron chi connectivity index (χ1n) is 6.21. The van der Waals surface area contributed by atoms with Crippen LogP contribution in [-0.2, 0) is 6.42 Å². The summed E-state index contributed by atoms with van der Waals surface area (Å²) >= 11 is 1.35. The highest BCUT2D eigenvalue weighted by Crippen LogP contribution is 2.18. The standard InChI is InChI=1S/C13H17N5OS/c1-18(2)10-5-3-4-9(8-10)12(19)15-13-17-16-11(20-13)6-7-14/h3-5,8H,6-7,14H2,1-2H3,(H,15,17,19). The molecule has 0 saturated carbocycles. The van der Waals surface area contributed by atoms with E-state index in [2.05, 4.69) is 15.5 Å². The summed E-state index contributed by atoms with van der Waals surface area (Å²) in [4.78, 5) is 14.1. The van der Waals surface area contributed by atoms with E-state index in [1.54, 1.807) is 6.07 Å². The minimum absolute atomic E-state index is 0.191. The van der Waals surface area contributed by atoms with E-state index in [1.807, 2.05) is 37.2 Å². The Morgan fingerprint density at radius 3 is 2.90 bits per heavy atom. The number of anilines is 2. The maximum absolute atomic E-state index is 12.1. The number of carbonyl (C=O) groups is 1. The number of rotatable bonds is 5. The number of nitrogens with two attached hydrogens (primary N) is 1. The van der Waals surface area contributed by atoms with E-state index in [-0.39, 0.29) is 5.91 Å². The summed E-state index contributed by atoms with van der Waals surface area (Å²) in [7, 11) is 3.86. The lowest BCUT2D eigenvalue weighted by Gasteiger charge is -2.13. The highest BCUT2D eigenvalue weighted by atomic mass is 32.1. The molecular weight excluding hydrogens is 274 g/mol. The summed E-state index contributed by atoms with van der Waals surface area (Å²) in [5, 5.41) is 12.0. The van der Waals surface area contributed by atoms with Crippen molar-refractivity contribution in [3.8, 4) is 0 Å². The first-order valence-corrected chi connectivity index (χ1v) is 7.03. The smallest absolute Gasteiger partial charge is 0.257 e. The Kier molecular flexibility index (Phi) is 4.65. The molecule has 0 spiro atoms. The van der Waals surface area contributed by atoms with Gasteiger partial charge in [-0.1, -0.05) is 17.4 Å². The number of aromatic nitrogens is 2. The van der Waals surface area contributed by atoms with Gasteiger partial charge in [-0.25, -0.2) is 0 Å². The fourth-order valence-corrected chi connectivity index (χ4v) is 2.37. The molecule has 3 N–H and O–H groups in total. The van der Waals surface area contributed by atoms with Crippen LogP contribution in [0.5, 0.6) is 0 Å². The predicted octanol–water partition coefficient (Wildman–Crippen LogP) is 1.36. The average Bonchev–Trinajstić information content (AvgIpc) is 2.86. The zero-order valence-electron chi connectivity index (χ0n) is 11.5. The van der Waals surface area contributed by atoms with Gasteiger partial charge in [0, 0.05) is 31.8 Å². The third-order valence-corrected chi connectivity index (χ3v) is 3.57. The Morgan fingerprint density at radius 1 is 1.40 bits per heavy atom. The first kappa shape index (κ1) is 14.4. The van der Waals surface area contributed by atoms with Gasteiger partial charge in [0.25, 0.3) is 5.91 Å². The number of nitrogens with zero attached hydrogens (tertiary/aromatic N) is 3. The molecule has 6 nitrogen and oxygen atoms in total. The molecule has 20 heavy (non-hydrogen) atoms. The van der Waals surface area contributed by atoms with Gasteiger partial charge < -0.3 is 10.6 Å². The molecule has 2 aromatic rings. The average molecular weight is 291 g/mol. The van der Waals surface area contributed by atoms with Crippen LogP contribution in [0.3, 0.4) is 0 Å². The van der Waals surface area contributed by atoms with Gasteiger partial charge in [0.15, 0.2) is 0 Å². The van der Waals surface area contributed by atoms with Gasteiger partial charge in [0.2, 0.25) is 5.13 Å². The first-order chi connectivity index (χ1) is 9.60. The molecule has 0 aliphatic carbocycles. The highest BCUT2D eigenvalue weighted by molar-refractivity contribution is 7.15. The lowest BCUT2D eigenvalue weighted by Crippen LogP contribution is -2.14. The largest absolute Gasteiger partial charge is 0.378 e. The summed E-state index contributed by atoms with van der Waals surface area (Å²) in [6.45, 7) is 0.521. The molecule has 0 aliphatic heterocycles. The van der Waals surface area contributed by atoms with Crippen LogP contribution in [0.1, 0.15) is 15.4 Å². The van der Waals surface area contributed by atoms with Crippen LogP contribution < -0.4 is 16.0 Å². The van der Waals surface area contributed by atoms with Gasteiger partial charge in [-0.05, 0) is 24.7 Å². The fourth-order valence-electron chi connectivity index (χ4n) is 1.62. The number of carbonyl (C=O) groups excluding carboxylic acids is 1. The molecule has 0 radical (unpaired) electrons. The summed E-state index contributed by atoms with van der Waals surface area (Å²) in [6, 6.07) is 7.40. The van der Waals surface area contributed by atoms with E-state index >= 15 is 0 Å². The second kappa shape index (κ2) is 6.44. The minimum Gasteiger partial charge on any atom is -0.378 e. The van der Waals surface area contributed by atoms with E-state index in [9.17, 15) is 4.79 Å². The summed E-state index contributed by atoms with van der Waals surface area (Å²) in [5.74, 6) is -0.191. The van der Waals surface area contributed by atoms with Gasteiger partial charge in [-0.15, -0.1) is 10.2 Å². The van der Waals surface area contributed by atoms with Crippen molar-refractivity contribution >= 4 is 28.1 Å². The number of nitrogens with one attached hydrogen (secondary N) is 1. The molecule has 0 saturated heterocycles. The molecule has 1 aromatic carbocycles. The lowest BCUT2D eigenvalue weighted by molar-refractivity contribution is 0.102. The molecule has 1 amide bonds. The summed E-state index contributed by atoms with van der Waals surface area (Å²) < 4.78 is 0. The van der Waals surface area contributed by atoms with Gasteiger partial charge >= 0.3 is 0 Å². The van der Waals surface area contributed by atoms with Crippen molar-refractivity contribution in [3.63, 3.8) is 0 Å². The third kappa shape index (κ3) is 3.52. The number of amides is 1. The number of benzene rings is 1. The number of hydrogen-bond donors (Lipinski definition) is 2. The topological polar surface area (TPSA) is 84.1 Å². The van der Waals surface area contributed by atoms with Crippen LogP contribution in [0.4, 0.5) is 10.8 Å². The molecular formula is C13H17N5OS. The molecule has 1 heterocycles. The quantitative estimate of drug-likeness (QED) is 0.869. The molecule has 0 atom stereocenters. The molecule has 0 bridgehead atoms. The molecule has 7 heteroatoms. The molecule has 106 valence electrons. The molecule has 2 rings (SSSR count). The summed E-state index contributed by atoms with van der Waals surface area (Å²) in [5.41, 5.74) is 7.01. The summed E-state index contributed by atoms with van der Waals surface area (Å²) in [6.07, 6.45) is 0.670. The molecule has 0 fully saturated rings. The van der Waals surface area contributed by atoms with E-state index in [0.29, 0.717) is 23.7 Å². The third-order valence-electron chi connectivity index (χ3n) is 2.67. The van der Waals surface area contributed by atoms with Gasteiger partial charge in [-0.2, -0.15) is 0 Å². The van der Waals surface area contributed by atoms with Gasteiger partial charge in [0.05, 0.1) is 0 Å². The number of hydrogen-bond acceptors (Lipinski definition) is 6. The van der Waals surface area contributed by atoms with Gasteiger partial charge in [-0.3, -0.25) is 10.1 Å². The zero-order valence-corrected chi connectivity index (χ0v) is 12.3. The van der Waals surface area contributed by atoms with Crippen molar-refractivity contribution in [2.45, 2.75) is 6.42 Å². The van der Waals surface area contributed by atoms with Crippen LogP contribution in [0.25, 0.3) is 0 Å². The molecule has 0 aliphatic rings. The fraction of sp³-hybridized carbons (Fsp3) is 0.308. The zero-order chi connectivity index (χ0) is 14.5. The Bertz CT molecular complexity index is 596. The van der Waals surface area contributed by atoms with Crippen molar-refractivity contribution < 1.29 is 4.79 Å². The van der Waals surface area contributed by atoms with Crippen LogP contribution in [0, 0.1) is 0 Å². The maximum atomic E-state index is 12.1. The Balaban J connectivity index is 2.09. The Labute approximate surface area is 121 Å². The van der Waals surface area contributed by atoms with Crippen molar-refractivity contribution in [1.82, 2.24) is 10.2 Å². The minimum atomic E-state index is -0.191. The predicted molar refractivity (Wildman–Crippen MR) is 81.4 cm³/mol. The van der Waals surface area contributed by atoms with Crippen LogP contribution in [-0.4, -0.2) is 36.7 Å². The van der Waals surface area contributed by atoms with Crippen molar-refractivity contribution in [2.24, 2.45) is 5.73 Å². The van der Waals surface area contributed by atoms with Gasteiger partial charge in [0.1, 0.15) is 5.01 Å². The monoisotopic (exact) mass is 291 g/mol. The Morgan fingerprint density at radius 2 is 2.20 bits per heavy atom. The van der Waals surface area contributed by atoms with E-state index in [1.165, 1.54) is 11.3 Å².